The molecule has 0 spiro atoms. The average molecular weight is 225 g/mol. The van der Waals surface area contributed by atoms with Crippen molar-refractivity contribution in [3.05, 3.63) is 17.5 Å². The molecule has 2 rings (SSSR count). The summed E-state index contributed by atoms with van der Waals surface area (Å²) in [6.45, 7) is 1.02. The summed E-state index contributed by atoms with van der Waals surface area (Å²) in [5, 5.41) is 10.7. The van der Waals surface area contributed by atoms with E-state index in [1.54, 1.807) is 0 Å². The normalized spacial score (nSPS) is 18.2. The van der Waals surface area contributed by atoms with Crippen molar-refractivity contribution in [2.75, 3.05) is 25.1 Å². The minimum Gasteiger partial charge on any atom is -0.319 e. The fraction of sp³-hybridized carbons (Fsp3) is 0.727. The number of hydrogen-bond acceptors (Lipinski definition) is 3. The Balaban J connectivity index is 1.93. The Hall–Kier alpha value is -0.480. The monoisotopic (exact) mass is 225 g/mol. The lowest BCUT2D eigenvalue weighted by molar-refractivity contribution is 0.617. The maximum atomic E-state index is 4.43. The molecule has 2 N–H and O–H groups in total. The smallest absolute Gasteiger partial charge is 0.0656 e. The standard InChI is InChI=1S/C11H19N3S/c1-12-5-2-10-8-11(14-13-10)9-3-6-15-7-4-9/h8-9,12H,2-7H2,1H3,(H,13,14). The molecule has 0 radical (unpaired) electrons. The van der Waals surface area contributed by atoms with Crippen LogP contribution in [0.1, 0.15) is 30.1 Å². The van der Waals surface area contributed by atoms with Gasteiger partial charge in [0.2, 0.25) is 0 Å². The zero-order chi connectivity index (χ0) is 10.5. The van der Waals surface area contributed by atoms with Gasteiger partial charge in [-0.3, -0.25) is 5.10 Å². The fourth-order valence-corrected chi connectivity index (χ4v) is 3.08. The Morgan fingerprint density at radius 1 is 1.53 bits per heavy atom. The Labute approximate surface area is 95.4 Å². The van der Waals surface area contributed by atoms with Gasteiger partial charge in [-0.1, -0.05) is 0 Å². The van der Waals surface area contributed by atoms with Crippen molar-refractivity contribution in [3.8, 4) is 0 Å². The van der Waals surface area contributed by atoms with Crippen molar-refractivity contribution >= 4 is 11.8 Å². The lowest BCUT2D eigenvalue weighted by Gasteiger charge is -2.18. The molecule has 0 aromatic carbocycles. The van der Waals surface area contributed by atoms with Gasteiger partial charge in [0, 0.05) is 24.6 Å². The van der Waals surface area contributed by atoms with Crippen molar-refractivity contribution in [1.29, 1.82) is 0 Å². The molecule has 0 aliphatic carbocycles. The minimum absolute atomic E-state index is 0.700. The summed E-state index contributed by atoms with van der Waals surface area (Å²) in [7, 11) is 1.98. The molecule has 2 heterocycles. The van der Waals surface area contributed by atoms with E-state index in [9.17, 15) is 0 Å². The van der Waals surface area contributed by atoms with Crippen LogP contribution in [-0.4, -0.2) is 35.3 Å². The van der Waals surface area contributed by atoms with E-state index in [1.165, 1.54) is 35.7 Å². The molecule has 1 aromatic heterocycles. The zero-order valence-corrected chi connectivity index (χ0v) is 10.1. The molecule has 0 bridgehead atoms. The number of aromatic amines is 1. The number of hydrogen-bond donors (Lipinski definition) is 2. The van der Waals surface area contributed by atoms with E-state index >= 15 is 0 Å². The number of likely N-dealkylation sites (N-methyl/N-ethyl adjacent to an activating group) is 1. The highest BCUT2D eigenvalue weighted by Gasteiger charge is 2.18. The van der Waals surface area contributed by atoms with Crippen LogP contribution in [0.3, 0.4) is 0 Å². The van der Waals surface area contributed by atoms with E-state index in [4.69, 9.17) is 0 Å². The summed E-state index contributed by atoms with van der Waals surface area (Å²) in [6.07, 6.45) is 3.63. The molecule has 1 fully saturated rings. The van der Waals surface area contributed by atoms with Crippen LogP contribution in [0, 0.1) is 0 Å². The molecule has 0 amide bonds. The predicted octanol–water partition coefficient (Wildman–Crippen LogP) is 1.78. The number of nitrogens with one attached hydrogen (secondary N) is 2. The van der Waals surface area contributed by atoms with Crippen LogP contribution < -0.4 is 5.32 Å². The Morgan fingerprint density at radius 2 is 2.33 bits per heavy atom. The first kappa shape index (κ1) is 11.0. The van der Waals surface area contributed by atoms with Crippen LogP contribution in [0.25, 0.3) is 0 Å². The van der Waals surface area contributed by atoms with Gasteiger partial charge in [-0.25, -0.2) is 0 Å². The van der Waals surface area contributed by atoms with Crippen molar-refractivity contribution < 1.29 is 0 Å². The molecule has 1 aliphatic heterocycles. The maximum absolute atomic E-state index is 4.43. The summed E-state index contributed by atoms with van der Waals surface area (Å²) in [5.74, 6) is 3.29. The van der Waals surface area contributed by atoms with Gasteiger partial charge >= 0.3 is 0 Å². The summed E-state index contributed by atoms with van der Waals surface area (Å²) in [6, 6.07) is 2.25. The molecule has 1 aliphatic rings. The Kier molecular flexibility index (Phi) is 4.09. The van der Waals surface area contributed by atoms with E-state index < -0.39 is 0 Å². The van der Waals surface area contributed by atoms with Gasteiger partial charge < -0.3 is 5.32 Å². The summed E-state index contributed by atoms with van der Waals surface area (Å²) in [4.78, 5) is 0. The maximum Gasteiger partial charge on any atom is 0.0656 e. The van der Waals surface area contributed by atoms with Crippen LogP contribution >= 0.6 is 11.8 Å². The van der Waals surface area contributed by atoms with Crippen LogP contribution in [0.15, 0.2) is 6.07 Å². The minimum atomic E-state index is 0.700. The molecule has 0 unspecified atom stereocenters. The van der Waals surface area contributed by atoms with Crippen molar-refractivity contribution in [1.82, 2.24) is 15.5 Å². The van der Waals surface area contributed by atoms with E-state index in [1.807, 2.05) is 7.05 Å². The molecular weight excluding hydrogens is 206 g/mol. The molecule has 1 saturated heterocycles. The number of thioether (sulfide) groups is 1. The van der Waals surface area contributed by atoms with E-state index in [0.717, 1.165) is 13.0 Å². The third kappa shape index (κ3) is 2.98. The van der Waals surface area contributed by atoms with Gasteiger partial charge in [-0.05, 0) is 37.5 Å². The number of nitrogens with zero attached hydrogens (tertiary/aromatic N) is 1. The lowest BCUT2D eigenvalue weighted by atomic mass is 9.99. The second-order valence-electron chi connectivity index (χ2n) is 4.06. The second kappa shape index (κ2) is 5.56. The third-order valence-electron chi connectivity index (χ3n) is 2.93. The molecular formula is C11H19N3S. The summed E-state index contributed by atoms with van der Waals surface area (Å²) >= 11 is 2.07. The molecule has 1 aromatic rings. The molecule has 15 heavy (non-hydrogen) atoms. The van der Waals surface area contributed by atoms with E-state index in [0.29, 0.717) is 5.92 Å². The predicted molar refractivity (Wildman–Crippen MR) is 65.5 cm³/mol. The first-order chi connectivity index (χ1) is 7.40. The van der Waals surface area contributed by atoms with Gasteiger partial charge in [0.25, 0.3) is 0 Å². The van der Waals surface area contributed by atoms with Crippen LogP contribution in [0.2, 0.25) is 0 Å². The van der Waals surface area contributed by atoms with Crippen LogP contribution in [-0.2, 0) is 6.42 Å². The van der Waals surface area contributed by atoms with Crippen molar-refractivity contribution in [2.45, 2.75) is 25.2 Å². The molecule has 3 nitrogen and oxygen atoms in total. The van der Waals surface area contributed by atoms with Crippen LogP contribution in [0.5, 0.6) is 0 Å². The van der Waals surface area contributed by atoms with Crippen molar-refractivity contribution in [3.63, 3.8) is 0 Å². The quantitative estimate of drug-likeness (QED) is 0.820. The van der Waals surface area contributed by atoms with Gasteiger partial charge in [-0.15, -0.1) is 0 Å². The molecule has 4 heteroatoms. The van der Waals surface area contributed by atoms with Gasteiger partial charge in [-0.2, -0.15) is 16.9 Å². The van der Waals surface area contributed by atoms with E-state index in [2.05, 4.69) is 33.3 Å². The lowest BCUT2D eigenvalue weighted by Crippen LogP contribution is -2.10. The largest absolute Gasteiger partial charge is 0.319 e. The zero-order valence-electron chi connectivity index (χ0n) is 9.25. The van der Waals surface area contributed by atoms with Crippen molar-refractivity contribution in [2.24, 2.45) is 0 Å². The SMILES string of the molecule is CNCCc1cc(C2CCSCC2)n[nH]1. The molecule has 84 valence electrons. The molecule has 0 saturated carbocycles. The number of rotatable bonds is 4. The van der Waals surface area contributed by atoms with Gasteiger partial charge in [0.1, 0.15) is 0 Å². The van der Waals surface area contributed by atoms with E-state index in [-0.39, 0.29) is 0 Å². The fourth-order valence-electron chi connectivity index (χ4n) is 1.97. The summed E-state index contributed by atoms with van der Waals surface area (Å²) in [5.41, 5.74) is 2.54. The topological polar surface area (TPSA) is 40.7 Å². The number of aromatic nitrogens is 2. The van der Waals surface area contributed by atoms with Gasteiger partial charge in [0.05, 0.1) is 5.69 Å². The second-order valence-corrected chi connectivity index (χ2v) is 5.28. The Bertz CT molecular complexity index is 292. The third-order valence-corrected chi connectivity index (χ3v) is 3.98. The number of H-pyrrole nitrogens is 1. The highest BCUT2D eigenvalue weighted by atomic mass is 32.2. The Morgan fingerprint density at radius 3 is 3.07 bits per heavy atom. The first-order valence-corrected chi connectivity index (χ1v) is 6.82. The highest BCUT2D eigenvalue weighted by molar-refractivity contribution is 7.99. The van der Waals surface area contributed by atoms with Gasteiger partial charge in [0.15, 0.2) is 0 Å². The highest BCUT2D eigenvalue weighted by Crippen LogP contribution is 2.30. The summed E-state index contributed by atoms with van der Waals surface area (Å²) < 4.78 is 0. The average Bonchev–Trinajstić information content (AvgIpc) is 2.76. The first-order valence-electron chi connectivity index (χ1n) is 5.66. The van der Waals surface area contributed by atoms with Crippen LogP contribution in [0.4, 0.5) is 0 Å². The molecule has 0 atom stereocenters.